The van der Waals surface area contributed by atoms with Crippen molar-refractivity contribution in [1.29, 1.82) is 5.26 Å². The van der Waals surface area contributed by atoms with Gasteiger partial charge in [0.05, 0.1) is 12.3 Å². The minimum absolute atomic E-state index is 0.146. The molecule has 2 aromatic carbocycles. The number of anilines is 1. The minimum Gasteiger partial charge on any atom is -0.494 e. The van der Waals surface area contributed by atoms with Crippen molar-refractivity contribution in [3.05, 3.63) is 66.0 Å². The Morgan fingerprint density at radius 2 is 1.72 bits per heavy atom. The number of ether oxygens (including phenoxy) is 1. The average Bonchev–Trinajstić information content (AvgIpc) is 2.62. The number of nitrogens with two attached hydrogens (primary N) is 1. The number of pyridine rings is 1. The molecule has 0 aliphatic carbocycles. The highest BCUT2D eigenvalue weighted by Crippen LogP contribution is 2.31. The first kappa shape index (κ1) is 16.5. The molecule has 0 atom stereocenters. The van der Waals surface area contributed by atoms with Crippen LogP contribution in [-0.4, -0.2) is 11.6 Å². The summed E-state index contributed by atoms with van der Waals surface area (Å²) >= 11 is 0. The summed E-state index contributed by atoms with van der Waals surface area (Å²) < 4.78 is 18.6. The number of benzene rings is 2. The van der Waals surface area contributed by atoms with Crippen LogP contribution in [-0.2, 0) is 0 Å². The zero-order valence-electron chi connectivity index (χ0n) is 13.7. The second kappa shape index (κ2) is 7.02. The lowest BCUT2D eigenvalue weighted by Crippen LogP contribution is -2.00. The van der Waals surface area contributed by atoms with E-state index in [1.165, 1.54) is 12.1 Å². The van der Waals surface area contributed by atoms with E-state index in [9.17, 15) is 9.65 Å². The van der Waals surface area contributed by atoms with Gasteiger partial charge in [-0.3, -0.25) is 0 Å². The number of hydrogen-bond acceptors (Lipinski definition) is 4. The van der Waals surface area contributed by atoms with Gasteiger partial charge in [0.1, 0.15) is 29.0 Å². The Bertz CT molecular complexity index is 929. The summed E-state index contributed by atoms with van der Waals surface area (Å²) in [5.41, 5.74) is 9.08. The normalized spacial score (nSPS) is 10.3. The molecule has 0 radical (unpaired) electrons. The quantitative estimate of drug-likeness (QED) is 0.768. The molecule has 2 N–H and O–H groups in total. The Labute approximate surface area is 145 Å². The molecule has 0 saturated heterocycles. The molecule has 0 aliphatic heterocycles. The molecule has 0 spiro atoms. The molecule has 0 bridgehead atoms. The molecule has 4 nitrogen and oxygen atoms in total. The highest BCUT2D eigenvalue weighted by molar-refractivity contribution is 5.80. The molecule has 3 aromatic rings. The number of nitrogens with zero attached hydrogens (tertiary/aromatic N) is 2. The van der Waals surface area contributed by atoms with E-state index < -0.39 is 0 Å². The van der Waals surface area contributed by atoms with E-state index in [2.05, 4.69) is 11.1 Å². The zero-order chi connectivity index (χ0) is 17.8. The van der Waals surface area contributed by atoms with E-state index in [4.69, 9.17) is 10.5 Å². The first-order chi connectivity index (χ1) is 12.1. The van der Waals surface area contributed by atoms with Gasteiger partial charge in [0.2, 0.25) is 0 Å². The highest BCUT2D eigenvalue weighted by atomic mass is 19.1. The third-order valence-corrected chi connectivity index (χ3v) is 3.78. The molecule has 0 amide bonds. The Hall–Kier alpha value is -3.39. The lowest BCUT2D eigenvalue weighted by molar-refractivity contribution is 0.340. The van der Waals surface area contributed by atoms with Crippen LogP contribution in [0.1, 0.15) is 12.5 Å². The van der Waals surface area contributed by atoms with Crippen LogP contribution >= 0.6 is 0 Å². The van der Waals surface area contributed by atoms with Crippen molar-refractivity contribution in [2.45, 2.75) is 6.92 Å². The van der Waals surface area contributed by atoms with Crippen molar-refractivity contribution in [2.75, 3.05) is 12.3 Å². The predicted octanol–water partition coefficient (Wildman–Crippen LogP) is 4.41. The summed E-state index contributed by atoms with van der Waals surface area (Å²) in [6.45, 7) is 2.52. The molecule has 25 heavy (non-hydrogen) atoms. The van der Waals surface area contributed by atoms with E-state index in [1.807, 2.05) is 31.2 Å². The summed E-state index contributed by atoms with van der Waals surface area (Å²) in [4.78, 5) is 4.33. The number of halogens is 1. The van der Waals surface area contributed by atoms with Crippen molar-refractivity contribution in [2.24, 2.45) is 0 Å². The van der Waals surface area contributed by atoms with Crippen molar-refractivity contribution >= 4 is 5.82 Å². The average molecular weight is 333 g/mol. The van der Waals surface area contributed by atoms with E-state index >= 15 is 0 Å². The van der Waals surface area contributed by atoms with Gasteiger partial charge >= 0.3 is 0 Å². The van der Waals surface area contributed by atoms with Crippen molar-refractivity contribution < 1.29 is 9.13 Å². The van der Waals surface area contributed by atoms with Crippen molar-refractivity contribution in [3.63, 3.8) is 0 Å². The summed E-state index contributed by atoms with van der Waals surface area (Å²) in [5.74, 6) is 0.579. The molecule has 124 valence electrons. The third kappa shape index (κ3) is 3.43. The van der Waals surface area contributed by atoms with Gasteiger partial charge in [-0.25, -0.2) is 9.37 Å². The maximum atomic E-state index is 13.2. The van der Waals surface area contributed by atoms with Gasteiger partial charge in [0.15, 0.2) is 0 Å². The first-order valence-corrected chi connectivity index (χ1v) is 7.82. The summed E-state index contributed by atoms with van der Waals surface area (Å²) in [6, 6.07) is 17.3. The number of nitriles is 1. The number of aromatic nitrogens is 1. The number of rotatable bonds is 4. The van der Waals surface area contributed by atoms with Crippen LogP contribution in [0.2, 0.25) is 0 Å². The summed E-state index contributed by atoms with van der Waals surface area (Å²) in [7, 11) is 0. The van der Waals surface area contributed by atoms with Crippen LogP contribution in [0.4, 0.5) is 10.2 Å². The van der Waals surface area contributed by atoms with E-state index in [0.717, 1.165) is 11.3 Å². The Kier molecular flexibility index (Phi) is 4.62. The monoisotopic (exact) mass is 333 g/mol. The highest BCUT2D eigenvalue weighted by Gasteiger charge is 2.13. The second-order valence-corrected chi connectivity index (χ2v) is 5.39. The van der Waals surface area contributed by atoms with Crippen molar-refractivity contribution in [1.82, 2.24) is 4.98 Å². The maximum absolute atomic E-state index is 13.2. The number of nitrogen functional groups attached to an aromatic ring is 1. The van der Waals surface area contributed by atoms with Gasteiger partial charge in [-0.2, -0.15) is 5.26 Å². The standard InChI is InChI=1S/C20H16FN3O/c1-2-25-16-9-5-14(6-10-16)19-11-17(18(12-22)20(23)24-19)13-3-7-15(21)8-4-13/h3-11H,2H2,1H3,(H2,23,24). The smallest absolute Gasteiger partial charge is 0.142 e. The maximum Gasteiger partial charge on any atom is 0.142 e. The molecule has 0 saturated carbocycles. The predicted molar refractivity (Wildman–Crippen MR) is 95.4 cm³/mol. The second-order valence-electron chi connectivity index (χ2n) is 5.39. The van der Waals surface area contributed by atoms with Gasteiger partial charge in [0, 0.05) is 11.1 Å². The zero-order valence-corrected chi connectivity index (χ0v) is 13.7. The molecule has 0 unspecified atom stereocenters. The fourth-order valence-corrected chi connectivity index (χ4v) is 2.58. The van der Waals surface area contributed by atoms with Crippen LogP contribution in [0.25, 0.3) is 22.4 Å². The molecule has 0 aliphatic rings. The lowest BCUT2D eigenvalue weighted by atomic mass is 9.98. The Balaban J connectivity index is 2.10. The molecule has 3 rings (SSSR count). The van der Waals surface area contributed by atoms with Crippen LogP contribution in [0.15, 0.2) is 54.6 Å². The number of hydrogen-bond donors (Lipinski definition) is 1. The van der Waals surface area contributed by atoms with Crippen LogP contribution in [0, 0.1) is 17.1 Å². The van der Waals surface area contributed by atoms with Crippen LogP contribution in [0.5, 0.6) is 5.75 Å². The topological polar surface area (TPSA) is 71.9 Å². The molecular formula is C20H16FN3O. The van der Waals surface area contributed by atoms with Gasteiger partial charge in [-0.15, -0.1) is 0 Å². The molecule has 0 fully saturated rings. The van der Waals surface area contributed by atoms with E-state index in [1.54, 1.807) is 18.2 Å². The third-order valence-electron chi connectivity index (χ3n) is 3.78. The van der Waals surface area contributed by atoms with Gasteiger partial charge in [0.25, 0.3) is 0 Å². The molecule has 5 heteroatoms. The molecule has 1 heterocycles. The summed E-state index contributed by atoms with van der Waals surface area (Å²) in [6.07, 6.45) is 0. The van der Waals surface area contributed by atoms with E-state index in [0.29, 0.717) is 23.4 Å². The van der Waals surface area contributed by atoms with Crippen LogP contribution < -0.4 is 10.5 Å². The first-order valence-electron chi connectivity index (χ1n) is 7.82. The van der Waals surface area contributed by atoms with Gasteiger partial charge < -0.3 is 10.5 Å². The van der Waals surface area contributed by atoms with Crippen LogP contribution in [0.3, 0.4) is 0 Å². The Morgan fingerprint density at radius 1 is 1.08 bits per heavy atom. The SMILES string of the molecule is CCOc1ccc(-c2cc(-c3ccc(F)cc3)c(C#N)c(N)n2)cc1. The van der Waals surface area contributed by atoms with Crippen molar-refractivity contribution in [3.8, 4) is 34.2 Å². The summed E-state index contributed by atoms with van der Waals surface area (Å²) in [5, 5.41) is 9.41. The minimum atomic E-state index is -0.337. The lowest BCUT2D eigenvalue weighted by Gasteiger charge is -2.11. The molecular weight excluding hydrogens is 317 g/mol. The largest absolute Gasteiger partial charge is 0.494 e. The van der Waals surface area contributed by atoms with Gasteiger partial charge in [-0.05, 0) is 55.0 Å². The fraction of sp³-hybridized carbons (Fsp3) is 0.100. The molecule has 1 aromatic heterocycles. The Morgan fingerprint density at radius 3 is 2.32 bits per heavy atom. The van der Waals surface area contributed by atoms with Gasteiger partial charge in [-0.1, -0.05) is 12.1 Å². The fourth-order valence-electron chi connectivity index (χ4n) is 2.58. The van der Waals surface area contributed by atoms with E-state index in [-0.39, 0.29) is 17.2 Å².